The summed E-state index contributed by atoms with van der Waals surface area (Å²) in [5.41, 5.74) is 7.41. The van der Waals surface area contributed by atoms with Gasteiger partial charge in [0.25, 0.3) is 10.0 Å². The maximum Gasteiger partial charge on any atom is 0.261 e. The molecule has 19 heavy (non-hydrogen) atoms. The van der Waals surface area contributed by atoms with Gasteiger partial charge in [-0.05, 0) is 42.5 Å². The van der Waals surface area contributed by atoms with E-state index in [1.54, 1.807) is 55.6 Å². The van der Waals surface area contributed by atoms with Crippen LogP contribution in [-0.2, 0) is 10.0 Å². The minimum absolute atomic E-state index is 0.203. The van der Waals surface area contributed by atoms with E-state index in [2.05, 4.69) is 10.0 Å². The predicted molar refractivity (Wildman–Crippen MR) is 77.7 cm³/mol. The lowest BCUT2D eigenvalue weighted by molar-refractivity contribution is 0.601. The normalized spacial score (nSPS) is 11.0. The van der Waals surface area contributed by atoms with Gasteiger partial charge in [0, 0.05) is 18.4 Å². The standard InChI is InChI=1S/C13H15N3O2S/c1-15-11-5-7-13(8-6-11)19(17,18)16-12-4-2-3-10(14)9-12/h2-9,15-16H,14H2,1H3. The van der Waals surface area contributed by atoms with Gasteiger partial charge in [0.2, 0.25) is 0 Å². The first-order chi connectivity index (χ1) is 9.01. The van der Waals surface area contributed by atoms with Crippen molar-refractivity contribution in [3.05, 3.63) is 48.5 Å². The van der Waals surface area contributed by atoms with Gasteiger partial charge in [-0.1, -0.05) is 6.07 Å². The maximum atomic E-state index is 12.1. The Bertz CT molecular complexity index is 667. The molecule has 2 aromatic rings. The van der Waals surface area contributed by atoms with Gasteiger partial charge in [-0.2, -0.15) is 0 Å². The van der Waals surface area contributed by atoms with E-state index >= 15 is 0 Å². The lowest BCUT2D eigenvalue weighted by atomic mass is 10.3. The third kappa shape index (κ3) is 3.17. The predicted octanol–water partition coefficient (Wildman–Crippen LogP) is 2.11. The molecule has 0 atom stereocenters. The molecule has 0 saturated carbocycles. The number of sulfonamides is 1. The number of nitrogen functional groups attached to an aromatic ring is 1. The van der Waals surface area contributed by atoms with E-state index in [9.17, 15) is 8.42 Å². The molecule has 6 heteroatoms. The van der Waals surface area contributed by atoms with E-state index < -0.39 is 10.0 Å². The molecule has 0 aromatic heterocycles. The smallest absolute Gasteiger partial charge is 0.261 e. The van der Waals surface area contributed by atoms with E-state index in [0.717, 1.165) is 5.69 Å². The number of benzene rings is 2. The molecule has 0 bridgehead atoms. The molecule has 5 nitrogen and oxygen atoms in total. The molecule has 0 unspecified atom stereocenters. The fourth-order valence-electron chi connectivity index (χ4n) is 1.62. The molecule has 0 aliphatic rings. The number of nitrogens with one attached hydrogen (secondary N) is 2. The van der Waals surface area contributed by atoms with Crippen LogP contribution in [0.4, 0.5) is 17.1 Å². The van der Waals surface area contributed by atoms with Crippen LogP contribution in [0.3, 0.4) is 0 Å². The molecule has 0 radical (unpaired) electrons. The van der Waals surface area contributed by atoms with Crippen LogP contribution in [0, 0.1) is 0 Å². The highest BCUT2D eigenvalue weighted by Gasteiger charge is 2.13. The van der Waals surface area contributed by atoms with Crippen molar-refractivity contribution in [3.8, 4) is 0 Å². The average molecular weight is 277 g/mol. The SMILES string of the molecule is CNc1ccc(S(=O)(=O)Nc2cccc(N)c2)cc1. The van der Waals surface area contributed by atoms with Gasteiger partial charge in [0.05, 0.1) is 10.6 Å². The highest BCUT2D eigenvalue weighted by molar-refractivity contribution is 7.92. The molecule has 100 valence electrons. The number of nitrogens with two attached hydrogens (primary N) is 1. The van der Waals surface area contributed by atoms with E-state index in [1.807, 2.05) is 0 Å². The molecule has 0 amide bonds. The molecule has 2 aromatic carbocycles. The van der Waals surface area contributed by atoms with E-state index in [0.29, 0.717) is 11.4 Å². The van der Waals surface area contributed by atoms with Crippen LogP contribution in [0.25, 0.3) is 0 Å². The Labute approximate surface area is 112 Å². The fraction of sp³-hybridized carbons (Fsp3) is 0.0769. The summed E-state index contributed by atoms with van der Waals surface area (Å²) in [7, 11) is -1.82. The molecule has 0 heterocycles. The van der Waals surface area contributed by atoms with E-state index in [1.165, 1.54) is 0 Å². The Morgan fingerprint density at radius 1 is 1.00 bits per heavy atom. The second-order valence-electron chi connectivity index (χ2n) is 4.01. The lowest BCUT2D eigenvalue weighted by Gasteiger charge is -2.09. The third-order valence-electron chi connectivity index (χ3n) is 2.59. The zero-order chi connectivity index (χ0) is 13.9. The minimum Gasteiger partial charge on any atom is -0.399 e. The van der Waals surface area contributed by atoms with Crippen molar-refractivity contribution in [3.63, 3.8) is 0 Å². The Morgan fingerprint density at radius 3 is 2.26 bits per heavy atom. The van der Waals surface area contributed by atoms with Crippen LogP contribution >= 0.6 is 0 Å². The van der Waals surface area contributed by atoms with Crippen LogP contribution in [0.1, 0.15) is 0 Å². The Balaban J connectivity index is 2.27. The van der Waals surface area contributed by atoms with Crippen LogP contribution in [-0.4, -0.2) is 15.5 Å². The Kier molecular flexibility index (Phi) is 3.62. The number of rotatable bonds is 4. The van der Waals surface area contributed by atoms with Crippen molar-refractivity contribution < 1.29 is 8.42 Å². The molecule has 0 fully saturated rings. The molecule has 0 aliphatic heterocycles. The summed E-state index contributed by atoms with van der Waals surface area (Å²) < 4.78 is 26.8. The van der Waals surface area contributed by atoms with Crippen LogP contribution in [0.15, 0.2) is 53.4 Å². The summed E-state index contributed by atoms with van der Waals surface area (Å²) in [6.45, 7) is 0. The first kappa shape index (κ1) is 13.2. The molecule has 0 saturated heterocycles. The summed E-state index contributed by atoms with van der Waals surface area (Å²) >= 11 is 0. The topological polar surface area (TPSA) is 84.2 Å². The van der Waals surface area contributed by atoms with Crippen molar-refractivity contribution in [2.75, 3.05) is 22.8 Å². The second-order valence-corrected chi connectivity index (χ2v) is 5.69. The van der Waals surface area contributed by atoms with Gasteiger partial charge < -0.3 is 11.1 Å². The lowest BCUT2D eigenvalue weighted by Crippen LogP contribution is -2.13. The summed E-state index contributed by atoms with van der Waals surface area (Å²) in [4.78, 5) is 0.203. The van der Waals surface area contributed by atoms with Crippen LogP contribution in [0.2, 0.25) is 0 Å². The van der Waals surface area contributed by atoms with E-state index in [4.69, 9.17) is 5.73 Å². The van der Waals surface area contributed by atoms with Crippen molar-refractivity contribution in [2.24, 2.45) is 0 Å². The van der Waals surface area contributed by atoms with Crippen molar-refractivity contribution in [1.29, 1.82) is 0 Å². The van der Waals surface area contributed by atoms with Crippen molar-refractivity contribution >= 4 is 27.1 Å². The minimum atomic E-state index is -3.59. The highest BCUT2D eigenvalue weighted by atomic mass is 32.2. The zero-order valence-electron chi connectivity index (χ0n) is 10.4. The third-order valence-corrected chi connectivity index (χ3v) is 3.99. The molecule has 0 aliphatic carbocycles. The van der Waals surface area contributed by atoms with Gasteiger partial charge in [-0.3, -0.25) is 4.72 Å². The second kappa shape index (κ2) is 5.19. The Hall–Kier alpha value is -2.21. The summed E-state index contributed by atoms with van der Waals surface area (Å²) in [5.74, 6) is 0. The Morgan fingerprint density at radius 2 is 1.68 bits per heavy atom. The molecular weight excluding hydrogens is 262 g/mol. The van der Waals surface area contributed by atoms with Gasteiger partial charge in [-0.15, -0.1) is 0 Å². The number of hydrogen-bond acceptors (Lipinski definition) is 4. The van der Waals surface area contributed by atoms with Crippen LogP contribution < -0.4 is 15.8 Å². The summed E-state index contributed by atoms with van der Waals surface area (Å²) in [5, 5.41) is 2.93. The number of anilines is 3. The van der Waals surface area contributed by atoms with Gasteiger partial charge in [0.15, 0.2) is 0 Å². The van der Waals surface area contributed by atoms with Crippen molar-refractivity contribution in [1.82, 2.24) is 0 Å². The highest BCUT2D eigenvalue weighted by Crippen LogP contribution is 2.19. The van der Waals surface area contributed by atoms with Crippen LogP contribution in [0.5, 0.6) is 0 Å². The molecular formula is C13H15N3O2S. The number of hydrogen-bond donors (Lipinski definition) is 3. The quantitative estimate of drug-likeness (QED) is 0.747. The van der Waals surface area contributed by atoms with Gasteiger partial charge >= 0.3 is 0 Å². The molecule has 0 spiro atoms. The monoisotopic (exact) mass is 277 g/mol. The molecule has 4 N–H and O–H groups in total. The van der Waals surface area contributed by atoms with Gasteiger partial charge in [-0.25, -0.2) is 8.42 Å². The first-order valence-electron chi connectivity index (χ1n) is 5.67. The average Bonchev–Trinajstić information content (AvgIpc) is 2.38. The van der Waals surface area contributed by atoms with Gasteiger partial charge in [0.1, 0.15) is 0 Å². The fourth-order valence-corrected chi connectivity index (χ4v) is 2.67. The summed E-state index contributed by atoms with van der Waals surface area (Å²) in [6, 6.07) is 13.1. The molecule has 2 rings (SSSR count). The zero-order valence-corrected chi connectivity index (χ0v) is 11.2. The van der Waals surface area contributed by atoms with E-state index in [-0.39, 0.29) is 4.90 Å². The maximum absolute atomic E-state index is 12.1. The summed E-state index contributed by atoms with van der Waals surface area (Å²) in [6.07, 6.45) is 0. The van der Waals surface area contributed by atoms with Crippen molar-refractivity contribution in [2.45, 2.75) is 4.90 Å². The first-order valence-corrected chi connectivity index (χ1v) is 7.16. The largest absolute Gasteiger partial charge is 0.399 e.